The van der Waals surface area contributed by atoms with Gasteiger partial charge in [0.1, 0.15) is 0 Å². The van der Waals surface area contributed by atoms with Crippen LogP contribution in [0.5, 0.6) is 0 Å². The molecule has 0 saturated carbocycles. The van der Waals surface area contributed by atoms with Crippen molar-refractivity contribution in [2.75, 3.05) is 0 Å². The lowest BCUT2D eigenvalue weighted by Gasteiger charge is -2.07. The Bertz CT molecular complexity index is 921. The first kappa shape index (κ1) is 18.5. The number of carbonyl (C=O) groups excluding carboxylic acids is 1. The molecule has 0 aliphatic rings. The fourth-order valence-corrected chi connectivity index (χ4v) is 3.15. The Morgan fingerprint density at radius 3 is 2.38 bits per heavy atom. The highest BCUT2D eigenvalue weighted by Gasteiger charge is 2.15. The lowest BCUT2D eigenvalue weighted by Crippen LogP contribution is -2.29. The number of nitrogens with one attached hydrogen (secondary N) is 1. The zero-order valence-corrected chi connectivity index (χ0v) is 15.3. The van der Waals surface area contributed by atoms with Gasteiger partial charge in [-0.15, -0.1) is 0 Å². The second-order valence-electron chi connectivity index (χ2n) is 5.27. The monoisotopic (exact) mass is 383 g/mol. The number of sulfonamides is 1. The number of rotatable bonds is 4. The van der Waals surface area contributed by atoms with Gasteiger partial charge < -0.3 is 0 Å². The molecule has 0 aliphatic heterocycles. The SMILES string of the molecule is Cc1ccc(C(=O)NS(=O)(=O)C=Cc2ccc(Cl)c(Cl)c2)c(C)c1. The van der Waals surface area contributed by atoms with Crippen LogP contribution in [0.4, 0.5) is 0 Å². The summed E-state index contributed by atoms with van der Waals surface area (Å²) in [6, 6.07) is 9.86. The molecule has 4 nitrogen and oxygen atoms in total. The molecule has 0 aliphatic carbocycles. The van der Waals surface area contributed by atoms with Gasteiger partial charge in [-0.2, -0.15) is 0 Å². The molecule has 0 fully saturated rings. The Morgan fingerprint density at radius 2 is 1.75 bits per heavy atom. The maximum Gasteiger partial charge on any atom is 0.265 e. The van der Waals surface area contributed by atoms with Gasteiger partial charge in [0.05, 0.1) is 15.5 Å². The van der Waals surface area contributed by atoms with E-state index in [4.69, 9.17) is 23.2 Å². The minimum absolute atomic E-state index is 0.312. The van der Waals surface area contributed by atoms with Crippen LogP contribution in [0.3, 0.4) is 0 Å². The van der Waals surface area contributed by atoms with E-state index in [9.17, 15) is 13.2 Å². The van der Waals surface area contributed by atoms with Crippen molar-refractivity contribution in [1.82, 2.24) is 4.72 Å². The van der Waals surface area contributed by atoms with Crippen molar-refractivity contribution in [3.05, 3.63) is 74.1 Å². The van der Waals surface area contributed by atoms with Crippen LogP contribution in [-0.2, 0) is 10.0 Å². The summed E-state index contributed by atoms with van der Waals surface area (Å²) in [5.41, 5.74) is 2.56. The van der Waals surface area contributed by atoms with Crippen LogP contribution in [-0.4, -0.2) is 14.3 Å². The van der Waals surface area contributed by atoms with Crippen molar-refractivity contribution >= 4 is 45.2 Å². The summed E-state index contributed by atoms with van der Waals surface area (Å²) in [7, 11) is -3.93. The van der Waals surface area contributed by atoms with Crippen LogP contribution in [0.2, 0.25) is 10.0 Å². The molecule has 0 bridgehead atoms. The normalized spacial score (nSPS) is 11.7. The second-order valence-corrected chi connectivity index (χ2v) is 7.65. The third kappa shape index (κ3) is 4.84. The summed E-state index contributed by atoms with van der Waals surface area (Å²) < 4.78 is 26.1. The number of benzene rings is 2. The molecule has 0 unspecified atom stereocenters. The van der Waals surface area contributed by atoms with Crippen LogP contribution in [0.1, 0.15) is 27.0 Å². The standard InChI is InChI=1S/C17H15Cl2NO3S/c1-11-3-5-14(12(2)9-11)17(21)20-24(22,23)8-7-13-4-6-15(18)16(19)10-13/h3-10H,1-2H3,(H,20,21). The second kappa shape index (κ2) is 7.38. The summed E-state index contributed by atoms with van der Waals surface area (Å²) >= 11 is 11.7. The van der Waals surface area contributed by atoms with Crippen LogP contribution >= 0.6 is 23.2 Å². The van der Waals surface area contributed by atoms with Crippen LogP contribution in [0, 0.1) is 13.8 Å². The zero-order valence-electron chi connectivity index (χ0n) is 13.0. The lowest BCUT2D eigenvalue weighted by molar-refractivity contribution is 0.0981. The topological polar surface area (TPSA) is 63.2 Å². The first-order valence-electron chi connectivity index (χ1n) is 6.95. The maximum absolute atomic E-state index is 12.1. The molecule has 2 aromatic carbocycles. The number of amides is 1. The van der Waals surface area contributed by atoms with E-state index in [1.54, 1.807) is 31.2 Å². The van der Waals surface area contributed by atoms with Crippen molar-refractivity contribution < 1.29 is 13.2 Å². The molecular formula is C17H15Cl2NO3S. The molecule has 1 N–H and O–H groups in total. The van der Waals surface area contributed by atoms with Gasteiger partial charge in [-0.25, -0.2) is 13.1 Å². The molecule has 0 aromatic heterocycles. The molecule has 1 amide bonds. The van der Waals surface area contributed by atoms with Gasteiger partial charge in [0.2, 0.25) is 0 Å². The van der Waals surface area contributed by atoms with E-state index in [0.717, 1.165) is 11.0 Å². The predicted molar refractivity (Wildman–Crippen MR) is 97.8 cm³/mol. The first-order chi connectivity index (χ1) is 11.2. The molecule has 24 heavy (non-hydrogen) atoms. The fraction of sp³-hybridized carbons (Fsp3) is 0.118. The molecule has 0 spiro atoms. The van der Waals surface area contributed by atoms with Gasteiger partial charge in [-0.05, 0) is 49.2 Å². The highest BCUT2D eigenvalue weighted by molar-refractivity contribution is 7.93. The van der Waals surface area contributed by atoms with E-state index in [-0.39, 0.29) is 0 Å². The highest BCUT2D eigenvalue weighted by Crippen LogP contribution is 2.23. The van der Waals surface area contributed by atoms with E-state index in [0.29, 0.717) is 26.7 Å². The maximum atomic E-state index is 12.1. The zero-order chi connectivity index (χ0) is 17.9. The Balaban J connectivity index is 2.16. The molecule has 126 valence electrons. The van der Waals surface area contributed by atoms with Crippen molar-refractivity contribution in [2.24, 2.45) is 0 Å². The van der Waals surface area contributed by atoms with Gasteiger partial charge in [-0.1, -0.05) is 47.0 Å². The molecular weight excluding hydrogens is 369 g/mol. The number of hydrogen-bond acceptors (Lipinski definition) is 3. The molecule has 0 saturated heterocycles. The predicted octanol–water partition coefficient (Wildman–Crippen LogP) is 4.34. The smallest absolute Gasteiger partial charge is 0.265 e. The van der Waals surface area contributed by atoms with E-state index in [1.165, 1.54) is 12.1 Å². The summed E-state index contributed by atoms with van der Waals surface area (Å²) in [5.74, 6) is -0.675. The molecule has 2 aromatic rings. The van der Waals surface area contributed by atoms with E-state index in [2.05, 4.69) is 0 Å². The van der Waals surface area contributed by atoms with Crippen LogP contribution < -0.4 is 4.72 Å². The van der Waals surface area contributed by atoms with Gasteiger partial charge in [0.25, 0.3) is 15.9 Å². The minimum Gasteiger partial charge on any atom is -0.268 e. The van der Waals surface area contributed by atoms with Gasteiger partial charge in [0, 0.05) is 5.56 Å². The Hall–Kier alpha value is -1.82. The molecule has 0 radical (unpaired) electrons. The van der Waals surface area contributed by atoms with Gasteiger partial charge in [-0.3, -0.25) is 4.79 Å². The summed E-state index contributed by atoms with van der Waals surface area (Å²) in [4.78, 5) is 12.1. The average molecular weight is 384 g/mol. The Labute approximate surface area is 151 Å². The lowest BCUT2D eigenvalue weighted by atomic mass is 10.1. The molecule has 0 atom stereocenters. The van der Waals surface area contributed by atoms with Gasteiger partial charge in [0.15, 0.2) is 0 Å². The highest BCUT2D eigenvalue weighted by atomic mass is 35.5. The van der Waals surface area contributed by atoms with Crippen LogP contribution in [0.15, 0.2) is 41.8 Å². The third-order valence-corrected chi connectivity index (χ3v) is 4.95. The molecule has 2 rings (SSSR count). The number of aryl methyl sites for hydroxylation is 2. The number of hydrogen-bond donors (Lipinski definition) is 1. The Kier molecular flexibility index (Phi) is 5.70. The van der Waals surface area contributed by atoms with E-state index < -0.39 is 15.9 Å². The Morgan fingerprint density at radius 1 is 1.04 bits per heavy atom. The first-order valence-corrected chi connectivity index (χ1v) is 9.26. The summed E-state index contributed by atoms with van der Waals surface area (Å²) in [6.45, 7) is 3.64. The van der Waals surface area contributed by atoms with E-state index in [1.807, 2.05) is 17.7 Å². The van der Waals surface area contributed by atoms with Crippen molar-refractivity contribution in [3.8, 4) is 0 Å². The average Bonchev–Trinajstić information content (AvgIpc) is 2.48. The van der Waals surface area contributed by atoms with Gasteiger partial charge >= 0.3 is 0 Å². The number of carbonyl (C=O) groups is 1. The van der Waals surface area contributed by atoms with Crippen molar-refractivity contribution in [1.29, 1.82) is 0 Å². The molecule has 0 heterocycles. The summed E-state index contributed by atoms with van der Waals surface area (Å²) in [6.07, 6.45) is 1.33. The van der Waals surface area contributed by atoms with Crippen LogP contribution in [0.25, 0.3) is 6.08 Å². The van der Waals surface area contributed by atoms with Crippen molar-refractivity contribution in [2.45, 2.75) is 13.8 Å². The van der Waals surface area contributed by atoms with Crippen molar-refractivity contribution in [3.63, 3.8) is 0 Å². The summed E-state index contributed by atoms with van der Waals surface area (Å²) in [5, 5.41) is 1.60. The minimum atomic E-state index is -3.93. The molecule has 7 heteroatoms. The number of halogens is 2. The van der Waals surface area contributed by atoms with E-state index >= 15 is 0 Å². The quantitative estimate of drug-likeness (QED) is 0.853. The fourth-order valence-electron chi connectivity index (χ4n) is 2.07. The largest absolute Gasteiger partial charge is 0.268 e. The third-order valence-electron chi connectivity index (χ3n) is 3.24.